The van der Waals surface area contributed by atoms with Crippen molar-refractivity contribution in [2.75, 3.05) is 42.6 Å². The van der Waals surface area contributed by atoms with E-state index in [-0.39, 0.29) is 0 Å². The van der Waals surface area contributed by atoms with Crippen LogP contribution in [0.1, 0.15) is 38.1 Å². The highest BCUT2D eigenvalue weighted by Crippen LogP contribution is 2.33. The van der Waals surface area contributed by atoms with Crippen LogP contribution >= 0.6 is 15.9 Å². The van der Waals surface area contributed by atoms with Crippen molar-refractivity contribution in [3.63, 3.8) is 0 Å². The van der Waals surface area contributed by atoms with Gasteiger partial charge in [-0.15, -0.1) is 0 Å². The second-order valence-electron chi connectivity index (χ2n) is 6.69. The topological polar surface area (TPSA) is 54.4 Å². The van der Waals surface area contributed by atoms with Crippen molar-refractivity contribution in [2.45, 2.75) is 33.6 Å². The van der Waals surface area contributed by atoms with E-state index in [1.54, 1.807) is 0 Å². The number of ether oxygens (including phenoxy) is 1. The Bertz CT molecular complexity index is 762. The van der Waals surface area contributed by atoms with Crippen LogP contribution in [-0.2, 0) is 4.74 Å². The second kappa shape index (κ2) is 8.31. The van der Waals surface area contributed by atoms with Gasteiger partial charge in [-0.25, -0.2) is 0 Å². The largest absolute Gasteiger partial charge is 0.378 e. The van der Waals surface area contributed by atoms with Crippen molar-refractivity contribution < 1.29 is 4.74 Å². The van der Waals surface area contributed by atoms with E-state index >= 15 is 0 Å². The summed E-state index contributed by atoms with van der Waals surface area (Å²) in [7, 11) is 0. The van der Waals surface area contributed by atoms with Crippen LogP contribution in [0.25, 0.3) is 0 Å². The molecule has 0 amide bonds. The number of hydrogen-bond donors (Lipinski definition) is 0. The average molecular weight is 420 g/mol. The van der Waals surface area contributed by atoms with Gasteiger partial charge in [0.25, 0.3) is 0 Å². The minimum Gasteiger partial charge on any atom is -0.378 e. The molecule has 0 N–H and O–H groups in total. The molecule has 140 valence electrons. The van der Waals surface area contributed by atoms with E-state index in [2.05, 4.69) is 74.7 Å². The maximum absolute atomic E-state index is 5.44. The molecule has 26 heavy (non-hydrogen) atoms. The highest BCUT2D eigenvalue weighted by molar-refractivity contribution is 9.10. The predicted molar refractivity (Wildman–Crippen MR) is 109 cm³/mol. The fourth-order valence-electron chi connectivity index (χ4n) is 3.00. The molecule has 3 rings (SSSR count). The zero-order valence-electron chi connectivity index (χ0n) is 15.9. The van der Waals surface area contributed by atoms with Gasteiger partial charge < -0.3 is 14.5 Å². The molecule has 0 bridgehead atoms. The summed E-state index contributed by atoms with van der Waals surface area (Å²) in [6, 6.07) is 6.49. The van der Waals surface area contributed by atoms with Crippen LogP contribution in [0.15, 0.2) is 22.7 Å². The first-order valence-electron chi connectivity index (χ1n) is 9.12. The van der Waals surface area contributed by atoms with Crippen LogP contribution < -0.4 is 9.80 Å². The number of rotatable bonds is 5. The Morgan fingerprint density at radius 1 is 1.19 bits per heavy atom. The number of hydrogen-bond acceptors (Lipinski definition) is 6. The zero-order chi connectivity index (χ0) is 18.7. The molecule has 1 aromatic carbocycles. The van der Waals surface area contributed by atoms with Crippen LogP contribution in [0.2, 0.25) is 0 Å². The molecule has 0 unspecified atom stereocenters. The van der Waals surface area contributed by atoms with E-state index < -0.39 is 0 Å². The van der Waals surface area contributed by atoms with Crippen molar-refractivity contribution in [1.29, 1.82) is 0 Å². The highest BCUT2D eigenvalue weighted by atomic mass is 79.9. The van der Waals surface area contributed by atoms with Gasteiger partial charge in [0.05, 0.1) is 18.9 Å². The van der Waals surface area contributed by atoms with Gasteiger partial charge in [-0.2, -0.15) is 15.0 Å². The number of anilines is 3. The summed E-state index contributed by atoms with van der Waals surface area (Å²) < 4.78 is 6.49. The normalized spacial score (nSPS) is 14.8. The minimum atomic E-state index is 0.489. The molecular weight excluding hydrogens is 394 g/mol. The summed E-state index contributed by atoms with van der Waals surface area (Å²) in [4.78, 5) is 18.2. The Hall–Kier alpha value is -1.73. The molecule has 1 saturated heterocycles. The van der Waals surface area contributed by atoms with Crippen LogP contribution in [0, 0.1) is 6.92 Å². The Morgan fingerprint density at radius 3 is 2.54 bits per heavy atom. The van der Waals surface area contributed by atoms with Crippen LogP contribution in [0.5, 0.6) is 0 Å². The van der Waals surface area contributed by atoms with Gasteiger partial charge in [-0.1, -0.05) is 19.9 Å². The van der Waals surface area contributed by atoms with Crippen molar-refractivity contribution >= 4 is 33.5 Å². The third kappa shape index (κ3) is 4.15. The maximum Gasteiger partial charge on any atom is 0.234 e. The predicted octanol–water partition coefficient (Wildman–Crippen LogP) is 4.06. The quantitative estimate of drug-likeness (QED) is 0.727. The van der Waals surface area contributed by atoms with E-state index in [9.17, 15) is 0 Å². The zero-order valence-corrected chi connectivity index (χ0v) is 17.5. The highest BCUT2D eigenvalue weighted by Gasteiger charge is 2.20. The molecule has 0 atom stereocenters. The second-order valence-corrected chi connectivity index (χ2v) is 7.55. The molecule has 0 aliphatic carbocycles. The SMILES string of the molecule is CCN(c1nc(C)nc(N2CCOCC2)n1)c1ccc(C(C)C)cc1Br. The number of morpholine rings is 1. The lowest BCUT2D eigenvalue weighted by Gasteiger charge is -2.28. The molecular formula is C19H26BrN5O. The lowest BCUT2D eigenvalue weighted by molar-refractivity contribution is 0.122. The van der Waals surface area contributed by atoms with Gasteiger partial charge >= 0.3 is 0 Å². The maximum atomic E-state index is 5.44. The first-order valence-corrected chi connectivity index (χ1v) is 9.91. The molecule has 1 aliphatic heterocycles. The van der Waals surface area contributed by atoms with E-state index in [0.29, 0.717) is 25.1 Å². The summed E-state index contributed by atoms with van der Waals surface area (Å²) in [6.07, 6.45) is 0. The monoisotopic (exact) mass is 419 g/mol. The van der Waals surface area contributed by atoms with E-state index in [1.807, 2.05) is 6.92 Å². The number of nitrogens with zero attached hydrogens (tertiary/aromatic N) is 5. The van der Waals surface area contributed by atoms with Gasteiger partial charge in [0, 0.05) is 24.1 Å². The van der Waals surface area contributed by atoms with Gasteiger partial charge in [0.2, 0.25) is 11.9 Å². The fraction of sp³-hybridized carbons (Fsp3) is 0.526. The summed E-state index contributed by atoms with van der Waals surface area (Å²) in [5, 5.41) is 0. The molecule has 1 aromatic heterocycles. The molecule has 0 spiro atoms. The molecule has 7 heteroatoms. The smallest absolute Gasteiger partial charge is 0.234 e. The third-order valence-corrected chi connectivity index (χ3v) is 5.14. The molecule has 2 aromatic rings. The molecule has 0 radical (unpaired) electrons. The van der Waals surface area contributed by atoms with Crippen LogP contribution in [0.3, 0.4) is 0 Å². The van der Waals surface area contributed by atoms with Crippen molar-refractivity contribution in [3.8, 4) is 0 Å². The Balaban J connectivity index is 1.96. The number of aryl methyl sites for hydroxylation is 1. The molecule has 1 fully saturated rings. The average Bonchev–Trinajstić information content (AvgIpc) is 2.64. The molecule has 1 aliphatic rings. The van der Waals surface area contributed by atoms with Crippen molar-refractivity contribution in [2.24, 2.45) is 0 Å². The lowest BCUT2D eigenvalue weighted by atomic mass is 10.0. The van der Waals surface area contributed by atoms with Gasteiger partial charge in [-0.05, 0) is 53.4 Å². The summed E-state index contributed by atoms with van der Waals surface area (Å²) >= 11 is 3.73. The van der Waals surface area contributed by atoms with Gasteiger partial charge in [0.15, 0.2) is 0 Å². The first kappa shape index (κ1) is 19.0. The van der Waals surface area contributed by atoms with E-state index in [1.165, 1.54) is 5.56 Å². The standard InChI is InChI=1S/C19H26BrN5O/c1-5-25(17-7-6-15(13(2)3)12-16(17)20)19-22-14(4)21-18(23-19)24-8-10-26-11-9-24/h6-7,12-13H,5,8-11H2,1-4H3. The van der Waals surface area contributed by atoms with E-state index in [4.69, 9.17) is 9.72 Å². The summed E-state index contributed by atoms with van der Waals surface area (Å²) in [5.41, 5.74) is 2.37. The summed E-state index contributed by atoms with van der Waals surface area (Å²) in [5.74, 6) is 2.62. The Kier molecular flexibility index (Phi) is 6.09. The Labute approximate surface area is 163 Å². The van der Waals surface area contributed by atoms with Crippen molar-refractivity contribution in [3.05, 3.63) is 34.1 Å². The number of aromatic nitrogens is 3. The van der Waals surface area contributed by atoms with Crippen molar-refractivity contribution in [1.82, 2.24) is 15.0 Å². The molecule has 0 saturated carbocycles. The Morgan fingerprint density at radius 2 is 1.92 bits per heavy atom. The number of benzene rings is 1. The summed E-state index contributed by atoms with van der Waals surface area (Å²) in [6.45, 7) is 12.2. The molecule has 6 nitrogen and oxygen atoms in total. The van der Waals surface area contributed by atoms with E-state index in [0.717, 1.165) is 41.6 Å². The van der Waals surface area contributed by atoms with Gasteiger partial charge in [0.1, 0.15) is 5.82 Å². The number of halogens is 1. The van der Waals surface area contributed by atoms with Crippen LogP contribution in [0.4, 0.5) is 17.6 Å². The lowest BCUT2D eigenvalue weighted by Crippen LogP contribution is -2.38. The van der Waals surface area contributed by atoms with Crippen LogP contribution in [-0.4, -0.2) is 47.8 Å². The fourth-order valence-corrected chi connectivity index (χ4v) is 3.61. The first-order chi connectivity index (χ1) is 12.5. The van der Waals surface area contributed by atoms with Gasteiger partial charge in [-0.3, -0.25) is 0 Å². The minimum absolute atomic E-state index is 0.489. The molecule has 2 heterocycles. The third-order valence-electron chi connectivity index (χ3n) is 4.50.